The van der Waals surface area contributed by atoms with Crippen molar-refractivity contribution in [2.45, 2.75) is 58.9 Å². The van der Waals surface area contributed by atoms with Gasteiger partial charge >= 0.3 is 5.97 Å². The summed E-state index contributed by atoms with van der Waals surface area (Å²) in [5.74, 6) is -0.141. The quantitative estimate of drug-likeness (QED) is 0.511. The Bertz CT molecular complexity index is 678. The van der Waals surface area contributed by atoms with E-state index in [1.807, 2.05) is 13.8 Å². The molecule has 154 valence electrons. The zero-order valence-electron chi connectivity index (χ0n) is 16.9. The summed E-state index contributed by atoms with van der Waals surface area (Å²) in [5.41, 5.74) is 0.429. The van der Waals surface area contributed by atoms with Crippen LogP contribution in [0.2, 0.25) is 5.02 Å². The number of nitrogens with one attached hydrogen (secondary N) is 1. The molecule has 2 rings (SSSR count). The second kappa shape index (κ2) is 10.6. The molecule has 0 aromatic heterocycles. The number of benzene rings is 1. The smallest absolute Gasteiger partial charge is 0.329 e. The Labute approximate surface area is 172 Å². The first-order chi connectivity index (χ1) is 13.3. The van der Waals surface area contributed by atoms with Gasteiger partial charge < -0.3 is 10.1 Å². The van der Waals surface area contributed by atoms with Crippen molar-refractivity contribution in [1.82, 2.24) is 5.32 Å². The summed E-state index contributed by atoms with van der Waals surface area (Å²) in [7, 11) is 0. The molecule has 0 spiro atoms. The first-order valence-electron chi connectivity index (χ1n) is 10.0. The summed E-state index contributed by atoms with van der Waals surface area (Å²) in [4.78, 5) is 37.3. The maximum absolute atomic E-state index is 12.6. The van der Waals surface area contributed by atoms with E-state index in [1.54, 1.807) is 24.3 Å². The van der Waals surface area contributed by atoms with Crippen LogP contribution in [0.25, 0.3) is 0 Å². The van der Waals surface area contributed by atoms with E-state index in [4.69, 9.17) is 16.3 Å². The normalized spacial score (nSPS) is 20.5. The SMILES string of the molecule is CC(C)C[C@H](NC(=O)C1CCC(C)CC1)C(=O)OCC(=O)c1ccc(Cl)cc1. The first kappa shape index (κ1) is 22.4. The van der Waals surface area contributed by atoms with Crippen LogP contribution in [0.3, 0.4) is 0 Å². The van der Waals surface area contributed by atoms with Gasteiger partial charge in [0.05, 0.1) is 0 Å². The fourth-order valence-electron chi connectivity index (χ4n) is 3.45. The number of carbonyl (C=O) groups excluding carboxylic acids is 3. The Morgan fingerprint density at radius 1 is 1.11 bits per heavy atom. The van der Waals surface area contributed by atoms with Gasteiger partial charge in [-0.1, -0.05) is 32.4 Å². The molecule has 1 saturated carbocycles. The van der Waals surface area contributed by atoms with Crippen LogP contribution in [-0.4, -0.2) is 30.3 Å². The molecule has 0 unspecified atom stereocenters. The van der Waals surface area contributed by atoms with E-state index >= 15 is 0 Å². The zero-order valence-corrected chi connectivity index (χ0v) is 17.6. The number of Topliss-reactive ketones (excluding diaryl/α,β-unsaturated/α-hetero) is 1. The molecule has 1 atom stereocenters. The number of carbonyl (C=O) groups is 3. The van der Waals surface area contributed by atoms with Crippen LogP contribution in [0.4, 0.5) is 0 Å². The maximum atomic E-state index is 12.6. The summed E-state index contributed by atoms with van der Waals surface area (Å²) >= 11 is 5.82. The van der Waals surface area contributed by atoms with Gasteiger partial charge in [-0.2, -0.15) is 0 Å². The Kier molecular flexibility index (Phi) is 8.49. The van der Waals surface area contributed by atoms with E-state index < -0.39 is 12.0 Å². The van der Waals surface area contributed by atoms with Crippen molar-refractivity contribution < 1.29 is 19.1 Å². The lowest BCUT2D eigenvalue weighted by Gasteiger charge is -2.27. The van der Waals surface area contributed by atoms with Crippen molar-refractivity contribution in [3.8, 4) is 0 Å². The highest BCUT2D eigenvalue weighted by Gasteiger charge is 2.29. The summed E-state index contributed by atoms with van der Waals surface area (Å²) in [6, 6.07) is 5.68. The Morgan fingerprint density at radius 3 is 2.29 bits per heavy atom. The number of rotatable bonds is 8. The van der Waals surface area contributed by atoms with E-state index in [2.05, 4.69) is 12.2 Å². The number of ether oxygens (including phenoxy) is 1. The molecule has 1 aliphatic carbocycles. The van der Waals surface area contributed by atoms with Crippen LogP contribution < -0.4 is 5.32 Å². The van der Waals surface area contributed by atoms with Gasteiger partial charge in [-0.25, -0.2) is 4.79 Å². The van der Waals surface area contributed by atoms with Gasteiger partial charge in [0.2, 0.25) is 5.91 Å². The highest BCUT2D eigenvalue weighted by Crippen LogP contribution is 2.28. The molecule has 1 amide bonds. The standard InChI is InChI=1S/C22H30ClNO4/c1-14(2)12-19(24-21(26)17-6-4-15(3)5-7-17)22(27)28-13-20(25)16-8-10-18(23)11-9-16/h8-11,14-15,17,19H,4-7,12-13H2,1-3H3,(H,24,26)/t15?,17?,19-/m0/s1. The molecule has 1 aliphatic rings. The van der Waals surface area contributed by atoms with Crippen LogP contribution in [0.15, 0.2) is 24.3 Å². The zero-order chi connectivity index (χ0) is 20.7. The molecule has 0 heterocycles. The number of esters is 1. The summed E-state index contributed by atoms with van der Waals surface area (Å²) < 4.78 is 5.22. The molecule has 1 aromatic rings. The average Bonchev–Trinajstić information content (AvgIpc) is 2.66. The number of halogens is 1. The third kappa shape index (κ3) is 6.93. The highest BCUT2D eigenvalue weighted by molar-refractivity contribution is 6.30. The Balaban J connectivity index is 1.91. The lowest BCUT2D eigenvalue weighted by molar-refractivity contribution is -0.148. The maximum Gasteiger partial charge on any atom is 0.329 e. The predicted molar refractivity (Wildman–Crippen MR) is 109 cm³/mol. The van der Waals surface area contributed by atoms with Gasteiger partial charge in [0.1, 0.15) is 6.04 Å². The Hall–Kier alpha value is -1.88. The lowest BCUT2D eigenvalue weighted by atomic mass is 9.82. The van der Waals surface area contributed by atoms with E-state index in [1.165, 1.54) is 0 Å². The number of hydrogen-bond donors (Lipinski definition) is 1. The predicted octanol–water partition coefficient (Wildman–Crippen LogP) is 4.42. The molecule has 1 fully saturated rings. The van der Waals surface area contributed by atoms with Crippen LogP contribution in [0.1, 0.15) is 63.2 Å². The molecular formula is C22H30ClNO4. The van der Waals surface area contributed by atoms with Gasteiger partial charge in [-0.15, -0.1) is 0 Å². The molecular weight excluding hydrogens is 378 g/mol. The number of ketones is 1. The van der Waals surface area contributed by atoms with Crippen LogP contribution in [0, 0.1) is 17.8 Å². The van der Waals surface area contributed by atoms with E-state index in [9.17, 15) is 14.4 Å². The van der Waals surface area contributed by atoms with E-state index in [-0.39, 0.29) is 30.1 Å². The second-order valence-corrected chi connectivity index (χ2v) is 8.62. The molecule has 0 radical (unpaired) electrons. The van der Waals surface area contributed by atoms with Crippen molar-refractivity contribution in [3.05, 3.63) is 34.9 Å². The van der Waals surface area contributed by atoms with Crippen LogP contribution in [-0.2, 0) is 14.3 Å². The molecule has 0 aliphatic heterocycles. The Morgan fingerprint density at radius 2 is 1.71 bits per heavy atom. The third-order valence-corrected chi connectivity index (χ3v) is 5.46. The summed E-state index contributed by atoms with van der Waals surface area (Å²) in [6.07, 6.45) is 4.25. The third-order valence-electron chi connectivity index (χ3n) is 5.21. The van der Waals surface area contributed by atoms with Crippen molar-refractivity contribution in [2.75, 3.05) is 6.61 Å². The average molecular weight is 408 g/mol. The monoisotopic (exact) mass is 407 g/mol. The minimum Gasteiger partial charge on any atom is -0.456 e. The minimum absolute atomic E-state index is 0.0469. The lowest BCUT2D eigenvalue weighted by Crippen LogP contribution is -2.46. The van der Waals surface area contributed by atoms with Crippen molar-refractivity contribution >= 4 is 29.3 Å². The molecule has 1 aromatic carbocycles. The summed E-state index contributed by atoms with van der Waals surface area (Å²) in [5, 5.41) is 3.39. The summed E-state index contributed by atoms with van der Waals surface area (Å²) in [6.45, 7) is 5.80. The molecule has 6 heteroatoms. The first-order valence-corrected chi connectivity index (χ1v) is 10.4. The highest BCUT2D eigenvalue weighted by atomic mass is 35.5. The molecule has 1 N–H and O–H groups in total. The van der Waals surface area contributed by atoms with Gasteiger partial charge in [-0.05, 0) is 68.2 Å². The second-order valence-electron chi connectivity index (χ2n) is 8.19. The topological polar surface area (TPSA) is 72.5 Å². The fraction of sp³-hybridized carbons (Fsp3) is 0.591. The fourth-order valence-corrected chi connectivity index (χ4v) is 3.58. The molecule has 0 bridgehead atoms. The molecule has 0 saturated heterocycles. The molecule has 28 heavy (non-hydrogen) atoms. The number of amides is 1. The van der Waals surface area contributed by atoms with Crippen molar-refractivity contribution in [2.24, 2.45) is 17.8 Å². The van der Waals surface area contributed by atoms with Gasteiger partial charge in [-0.3, -0.25) is 9.59 Å². The van der Waals surface area contributed by atoms with E-state index in [0.717, 1.165) is 25.7 Å². The van der Waals surface area contributed by atoms with Gasteiger partial charge in [0.25, 0.3) is 0 Å². The van der Waals surface area contributed by atoms with Gasteiger partial charge in [0.15, 0.2) is 12.4 Å². The van der Waals surface area contributed by atoms with E-state index in [0.29, 0.717) is 22.9 Å². The van der Waals surface area contributed by atoms with Crippen molar-refractivity contribution in [1.29, 1.82) is 0 Å². The number of hydrogen-bond acceptors (Lipinski definition) is 4. The van der Waals surface area contributed by atoms with Gasteiger partial charge in [0, 0.05) is 16.5 Å². The molecule has 5 nitrogen and oxygen atoms in total. The van der Waals surface area contributed by atoms with Crippen LogP contribution in [0.5, 0.6) is 0 Å². The largest absolute Gasteiger partial charge is 0.456 e. The van der Waals surface area contributed by atoms with Crippen LogP contribution >= 0.6 is 11.6 Å². The minimum atomic E-state index is -0.732. The van der Waals surface area contributed by atoms with Crippen molar-refractivity contribution in [3.63, 3.8) is 0 Å².